The van der Waals surface area contributed by atoms with Crippen LogP contribution < -0.4 is 15.2 Å². The van der Waals surface area contributed by atoms with Gasteiger partial charge in [0, 0.05) is 23.9 Å². The van der Waals surface area contributed by atoms with E-state index >= 15 is 0 Å². The van der Waals surface area contributed by atoms with Crippen LogP contribution in [0.3, 0.4) is 0 Å². The van der Waals surface area contributed by atoms with Crippen molar-refractivity contribution in [2.24, 2.45) is 0 Å². The number of methoxy groups -OCH3 is 1. The summed E-state index contributed by atoms with van der Waals surface area (Å²) < 4.78 is 6.57. The maximum atomic E-state index is 12.9. The quantitative estimate of drug-likeness (QED) is 0.661. The Morgan fingerprint density at radius 1 is 1.07 bits per heavy atom. The first-order valence-corrected chi connectivity index (χ1v) is 9.12. The summed E-state index contributed by atoms with van der Waals surface area (Å²) in [5, 5.41) is 4.40. The van der Waals surface area contributed by atoms with E-state index in [1.807, 2.05) is 62.4 Å². The molecule has 0 radical (unpaired) electrons. The largest absolute Gasteiger partial charge is 0.496 e. The molecule has 0 unspecified atom stereocenters. The van der Waals surface area contributed by atoms with Crippen molar-refractivity contribution in [1.82, 2.24) is 9.78 Å². The fraction of sp³-hybridized carbons (Fsp3) is 0.227. The Balaban J connectivity index is 1.93. The van der Waals surface area contributed by atoms with Gasteiger partial charge in [0.1, 0.15) is 12.3 Å². The van der Waals surface area contributed by atoms with Crippen molar-refractivity contribution in [2.75, 3.05) is 18.6 Å². The average molecular weight is 377 g/mol. The van der Waals surface area contributed by atoms with Gasteiger partial charge in [0.2, 0.25) is 5.91 Å². The molecule has 0 saturated carbocycles. The van der Waals surface area contributed by atoms with Gasteiger partial charge in [-0.05, 0) is 43.7 Å². The minimum absolute atomic E-state index is 0.135. The summed E-state index contributed by atoms with van der Waals surface area (Å²) >= 11 is 0. The number of aromatic nitrogens is 2. The molecule has 1 heterocycles. The molecular weight excluding hydrogens is 354 g/mol. The van der Waals surface area contributed by atoms with Crippen molar-refractivity contribution in [3.63, 3.8) is 0 Å². The number of aryl methyl sites for hydroxylation is 1. The predicted molar refractivity (Wildman–Crippen MR) is 110 cm³/mol. The number of nitrogens with zero attached hydrogens (tertiary/aromatic N) is 3. The van der Waals surface area contributed by atoms with Gasteiger partial charge in [-0.15, -0.1) is 0 Å². The number of ether oxygens (including phenoxy) is 1. The second kappa shape index (κ2) is 8.52. The van der Waals surface area contributed by atoms with Crippen LogP contribution in [0.15, 0.2) is 65.5 Å². The van der Waals surface area contributed by atoms with E-state index in [4.69, 9.17) is 4.74 Å². The third-order valence-corrected chi connectivity index (χ3v) is 4.56. The van der Waals surface area contributed by atoms with E-state index in [1.165, 1.54) is 10.7 Å². The van der Waals surface area contributed by atoms with Crippen molar-refractivity contribution >= 4 is 11.6 Å². The number of para-hydroxylation sites is 2. The van der Waals surface area contributed by atoms with Crippen LogP contribution in [0.2, 0.25) is 0 Å². The predicted octanol–water partition coefficient (Wildman–Crippen LogP) is 3.28. The van der Waals surface area contributed by atoms with E-state index in [0.717, 1.165) is 16.8 Å². The summed E-state index contributed by atoms with van der Waals surface area (Å²) in [6.07, 6.45) is 0. The maximum absolute atomic E-state index is 12.9. The fourth-order valence-corrected chi connectivity index (χ4v) is 3.12. The average Bonchev–Trinajstić information content (AvgIpc) is 2.71. The molecule has 0 aliphatic heterocycles. The number of hydrogen-bond donors (Lipinski definition) is 0. The molecule has 0 atom stereocenters. The number of hydrogen-bond acceptors (Lipinski definition) is 4. The molecule has 6 heteroatoms. The van der Waals surface area contributed by atoms with Crippen molar-refractivity contribution in [1.29, 1.82) is 0 Å². The highest BCUT2D eigenvalue weighted by Gasteiger charge is 2.18. The molecule has 1 amide bonds. The summed E-state index contributed by atoms with van der Waals surface area (Å²) in [6.45, 7) is 4.23. The number of amides is 1. The molecule has 6 nitrogen and oxygen atoms in total. The number of carbonyl (C=O) groups is 1. The van der Waals surface area contributed by atoms with Gasteiger partial charge in [0.15, 0.2) is 0 Å². The molecule has 0 N–H and O–H groups in total. The SMILES string of the molecule is CCN(C(=O)Cn1nc(-c2ccccc2OC)ccc1=O)c1ccccc1C. The first kappa shape index (κ1) is 19.4. The van der Waals surface area contributed by atoms with E-state index in [0.29, 0.717) is 18.0 Å². The summed E-state index contributed by atoms with van der Waals surface area (Å²) in [6, 6.07) is 18.2. The fourth-order valence-electron chi connectivity index (χ4n) is 3.12. The third kappa shape index (κ3) is 3.96. The number of benzene rings is 2. The lowest BCUT2D eigenvalue weighted by atomic mass is 10.1. The van der Waals surface area contributed by atoms with E-state index in [-0.39, 0.29) is 18.0 Å². The molecular formula is C22H23N3O3. The van der Waals surface area contributed by atoms with E-state index in [2.05, 4.69) is 5.10 Å². The lowest BCUT2D eigenvalue weighted by Gasteiger charge is -2.23. The molecule has 3 aromatic rings. The zero-order valence-electron chi connectivity index (χ0n) is 16.3. The van der Waals surface area contributed by atoms with Gasteiger partial charge in [-0.2, -0.15) is 5.10 Å². The van der Waals surface area contributed by atoms with Gasteiger partial charge in [-0.25, -0.2) is 4.68 Å². The highest BCUT2D eigenvalue weighted by atomic mass is 16.5. The van der Waals surface area contributed by atoms with Crippen molar-refractivity contribution in [3.8, 4) is 17.0 Å². The second-order valence-corrected chi connectivity index (χ2v) is 6.34. The third-order valence-electron chi connectivity index (χ3n) is 4.56. The highest BCUT2D eigenvalue weighted by Crippen LogP contribution is 2.27. The van der Waals surface area contributed by atoms with Crippen LogP contribution >= 0.6 is 0 Å². The zero-order valence-corrected chi connectivity index (χ0v) is 16.3. The normalized spacial score (nSPS) is 10.5. The van der Waals surface area contributed by atoms with Crippen molar-refractivity contribution in [2.45, 2.75) is 20.4 Å². The Kier molecular flexibility index (Phi) is 5.89. The van der Waals surface area contributed by atoms with E-state index in [1.54, 1.807) is 18.1 Å². The van der Waals surface area contributed by atoms with Crippen molar-refractivity contribution in [3.05, 3.63) is 76.6 Å². The monoisotopic (exact) mass is 377 g/mol. The number of likely N-dealkylation sites (N-methyl/N-ethyl adjacent to an activating group) is 1. The summed E-state index contributed by atoms with van der Waals surface area (Å²) in [5.41, 5.74) is 2.85. The second-order valence-electron chi connectivity index (χ2n) is 6.34. The minimum Gasteiger partial charge on any atom is -0.496 e. The standard InChI is InChI=1S/C22H23N3O3/c1-4-24(19-11-7-5-9-16(19)2)22(27)15-25-21(26)14-13-18(23-25)17-10-6-8-12-20(17)28-3/h5-14H,4,15H2,1-3H3. The Morgan fingerprint density at radius 3 is 2.50 bits per heavy atom. The lowest BCUT2D eigenvalue weighted by molar-refractivity contribution is -0.119. The van der Waals surface area contributed by atoms with Gasteiger partial charge in [0.25, 0.3) is 5.56 Å². The first-order chi connectivity index (χ1) is 13.5. The zero-order chi connectivity index (χ0) is 20.1. The summed E-state index contributed by atoms with van der Waals surface area (Å²) in [7, 11) is 1.58. The van der Waals surface area contributed by atoms with Crippen LogP contribution in [-0.2, 0) is 11.3 Å². The summed E-state index contributed by atoms with van der Waals surface area (Å²) in [5.74, 6) is 0.463. The molecule has 0 bridgehead atoms. The molecule has 0 aliphatic carbocycles. The molecule has 28 heavy (non-hydrogen) atoms. The Bertz CT molecular complexity index is 1040. The number of carbonyl (C=O) groups excluding carboxylic acids is 1. The van der Waals surface area contributed by atoms with Crippen LogP contribution in [0.4, 0.5) is 5.69 Å². The first-order valence-electron chi connectivity index (χ1n) is 9.12. The topological polar surface area (TPSA) is 64.4 Å². The summed E-state index contributed by atoms with van der Waals surface area (Å²) in [4.78, 5) is 26.9. The van der Waals surface area contributed by atoms with Crippen LogP contribution in [0.1, 0.15) is 12.5 Å². The molecule has 0 saturated heterocycles. The van der Waals surface area contributed by atoms with Crippen LogP contribution in [0.25, 0.3) is 11.3 Å². The Morgan fingerprint density at radius 2 is 1.79 bits per heavy atom. The lowest BCUT2D eigenvalue weighted by Crippen LogP contribution is -2.37. The Labute approximate surface area is 164 Å². The molecule has 0 aliphatic rings. The highest BCUT2D eigenvalue weighted by molar-refractivity contribution is 5.93. The molecule has 3 rings (SSSR count). The maximum Gasteiger partial charge on any atom is 0.267 e. The van der Waals surface area contributed by atoms with Crippen LogP contribution in [-0.4, -0.2) is 29.3 Å². The van der Waals surface area contributed by atoms with Gasteiger partial charge >= 0.3 is 0 Å². The van der Waals surface area contributed by atoms with Gasteiger partial charge in [-0.1, -0.05) is 30.3 Å². The number of anilines is 1. The number of rotatable bonds is 6. The van der Waals surface area contributed by atoms with Gasteiger partial charge in [0.05, 0.1) is 12.8 Å². The molecule has 0 spiro atoms. The van der Waals surface area contributed by atoms with E-state index < -0.39 is 0 Å². The smallest absolute Gasteiger partial charge is 0.267 e. The Hall–Kier alpha value is -3.41. The van der Waals surface area contributed by atoms with Crippen LogP contribution in [0, 0.1) is 6.92 Å². The molecule has 0 fully saturated rings. The molecule has 2 aromatic carbocycles. The molecule has 1 aromatic heterocycles. The van der Waals surface area contributed by atoms with Gasteiger partial charge < -0.3 is 9.64 Å². The minimum atomic E-state index is -0.326. The van der Waals surface area contributed by atoms with Crippen molar-refractivity contribution < 1.29 is 9.53 Å². The van der Waals surface area contributed by atoms with Gasteiger partial charge in [-0.3, -0.25) is 9.59 Å². The molecule has 144 valence electrons. The van der Waals surface area contributed by atoms with E-state index in [9.17, 15) is 9.59 Å². The van der Waals surface area contributed by atoms with Crippen LogP contribution in [0.5, 0.6) is 5.75 Å².